The van der Waals surface area contributed by atoms with Crippen LogP contribution in [0.25, 0.3) is 22.5 Å². The molecule has 0 unspecified atom stereocenters. The molecule has 2 nitrogen and oxygen atoms in total. The third kappa shape index (κ3) is 2.31. The summed E-state index contributed by atoms with van der Waals surface area (Å²) in [5.74, 6) is 0. The molecule has 0 N–H and O–H groups in total. The van der Waals surface area contributed by atoms with Crippen LogP contribution in [-0.2, 0) is 6.42 Å². The van der Waals surface area contributed by atoms with E-state index in [1.807, 2.05) is 10.9 Å². The fourth-order valence-electron chi connectivity index (χ4n) is 3.30. The Labute approximate surface area is 137 Å². The lowest BCUT2D eigenvalue weighted by molar-refractivity contribution is 0.886. The first-order valence-corrected chi connectivity index (χ1v) is 8.04. The maximum Gasteiger partial charge on any atom is 0.0740 e. The van der Waals surface area contributed by atoms with Gasteiger partial charge in [-0.25, -0.2) is 4.68 Å². The van der Waals surface area contributed by atoms with Crippen LogP contribution in [-0.4, -0.2) is 9.78 Å². The van der Waals surface area contributed by atoms with Crippen LogP contribution in [0.15, 0.2) is 60.3 Å². The standard InChI is InChI=1S/C21H20N2/c1-14-4-6-17(7-5-14)21-10-11-22-23(21)19-9-8-18-12-15(2)16(3)20(18)13-19/h4-11,13H,12H2,1-3H3. The Morgan fingerprint density at radius 2 is 1.70 bits per heavy atom. The Morgan fingerprint density at radius 1 is 0.913 bits per heavy atom. The molecule has 0 bridgehead atoms. The van der Waals surface area contributed by atoms with E-state index in [4.69, 9.17) is 0 Å². The molecule has 114 valence electrons. The Kier molecular flexibility index (Phi) is 3.19. The van der Waals surface area contributed by atoms with Crippen molar-refractivity contribution in [1.29, 1.82) is 0 Å². The van der Waals surface area contributed by atoms with Crippen LogP contribution in [0.5, 0.6) is 0 Å². The molecule has 2 aromatic carbocycles. The minimum Gasteiger partial charge on any atom is -0.233 e. The number of hydrogen-bond acceptors (Lipinski definition) is 1. The monoisotopic (exact) mass is 300 g/mol. The molecule has 0 aliphatic heterocycles. The van der Waals surface area contributed by atoms with Crippen LogP contribution >= 0.6 is 0 Å². The summed E-state index contributed by atoms with van der Waals surface area (Å²) in [6, 6.07) is 17.4. The number of hydrogen-bond donors (Lipinski definition) is 0. The molecule has 0 fully saturated rings. The summed E-state index contributed by atoms with van der Waals surface area (Å²) in [5, 5.41) is 4.56. The van der Waals surface area contributed by atoms with Crippen molar-refractivity contribution in [2.75, 3.05) is 0 Å². The molecule has 1 heterocycles. The van der Waals surface area contributed by atoms with E-state index in [-0.39, 0.29) is 0 Å². The third-order valence-corrected chi connectivity index (χ3v) is 4.83. The van der Waals surface area contributed by atoms with Gasteiger partial charge in [-0.1, -0.05) is 41.5 Å². The normalized spacial score (nSPS) is 13.5. The van der Waals surface area contributed by atoms with Crippen LogP contribution in [0.3, 0.4) is 0 Å². The number of fused-ring (bicyclic) bond motifs is 1. The first kappa shape index (κ1) is 14.0. The minimum atomic E-state index is 1.07. The Hall–Kier alpha value is -2.61. The zero-order chi connectivity index (χ0) is 16.0. The minimum absolute atomic E-state index is 1.07. The highest BCUT2D eigenvalue weighted by Gasteiger charge is 2.17. The highest BCUT2D eigenvalue weighted by Crippen LogP contribution is 2.34. The average molecular weight is 300 g/mol. The number of aryl methyl sites for hydroxylation is 1. The van der Waals surface area contributed by atoms with Gasteiger partial charge in [0.1, 0.15) is 0 Å². The number of rotatable bonds is 2. The van der Waals surface area contributed by atoms with E-state index in [1.165, 1.54) is 33.4 Å². The predicted octanol–water partition coefficient (Wildman–Crippen LogP) is 5.20. The highest BCUT2D eigenvalue weighted by molar-refractivity contribution is 5.76. The Bertz CT molecular complexity index is 911. The van der Waals surface area contributed by atoms with Crippen LogP contribution in [0.4, 0.5) is 0 Å². The molecule has 0 amide bonds. The SMILES string of the molecule is CC1=C(C)c2cc(-n3nccc3-c3ccc(C)cc3)ccc2C1. The van der Waals surface area contributed by atoms with Gasteiger partial charge in [-0.2, -0.15) is 5.10 Å². The van der Waals surface area contributed by atoms with Crippen molar-refractivity contribution in [2.45, 2.75) is 27.2 Å². The molecule has 1 aliphatic rings. The first-order valence-electron chi connectivity index (χ1n) is 8.04. The molecular weight excluding hydrogens is 280 g/mol. The summed E-state index contributed by atoms with van der Waals surface area (Å²) in [7, 11) is 0. The summed E-state index contributed by atoms with van der Waals surface area (Å²) in [6.45, 7) is 6.55. The van der Waals surface area contributed by atoms with Gasteiger partial charge in [-0.3, -0.25) is 0 Å². The second-order valence-electron chi connectivity index (χ2n) is 6.42. The number of aromatic nitrogens is 2. The molecule has 1 aromatic heterocycles. The van der Waals surface area contributed by atoms with E-state index in [1.54, 1.807) is 0 Å². The van der Waals surface area contributed by atoms with Crippen LogP contribution in [0.2, 0.25) is 0 Å². The molecule has 23 heavy (non-hydrogen) atoms. The summed E-state index contributed by atoms with van der Waals surface area (Å²) < 4.78 is 2.03. The molecular formula is C21H20N2. The molecule has 0 spiro atoms. The van der Waals surface area contributed by atoms with Gasteiger partial charge in [0.05, 0.1) is 17.6 Å². The zero-order valence-corrected chi connectivity index (χ0v) is 13.8. The fraction of sp³-hybridized carbons (Fsp3) is 0.190. The lowest BCUT2D eigenvalue weighted by atomic mass is 10.1. The second kappa shape index (κ2) is 5.24. The van der Waals surface area contributed by atoms with Gasteiger partial charge in [-0.15, -0.1) is 0 Å². The lowest BCUT2D eigenvalue weighted by Crippen LogP contribution is -2.00. The third-order valence-electron chi connectivity index (χ3n) is 4.83. The lowest BCUT2D eigenvalue weighted by Gasteiger charge is -2.10. The van der Waals surface area contributed by atoms with Crippen LogP contribution < -0.4 is 0 Å². The molecule has 0 saturated carbocycles. The smallest absolute Gasteiger partial charge is 0.0740 e. The van der Waals surface area contributed by atoms with Gasteiger partial charge in [0.25, 0.3) is 0 Å². The van der Waals surface area contributed by atoms with E-state index in [9.17, 15) is 0 Å². The van der Waals surface area contributed by atoms with Gasteiger partial charge < -0.3 is 0 Å². The molecule has 0 saturated heterocycles. The number of nitrogens with zero attached hydrogens (tertiary/aromatic N) is 2. The number of benzene rings is 2. The first-order chi connectivity index (χ1) is 11.1. The van der Waals surface area contributed by atoms with E-state index < -0.39 is 0 Å². The van der Waals surface area contributed by atoms with Crippen molar-refractivity contribution in [3.8, 4) is 16.9 Å². The number of allylic oxidation sites excluding steroid dienone is 2. The van der Waals surface area contributed by atoms with E-state index >= 15 is 0 Å². The summed E-state index contributed by atoms with van der Waals surface area (Å²) in [5.41, 5.74) is 10.4. The highest BCUT2D eigenvalue weighted by atomic mass is 15.3. The molecule has 2 heteroatoms. The van der Waals surface area contributed by atoms with Gasteiger partial charge in [-0.05, 0) is 62.1 Å². The maximum atomic E-state index is 4.56. The van der Waals surface area contributed by atoms with E-state index in [0.717, 1.165) is 17.8 Å². The van der Waals surface area contributed by atoms with Crippen molar-refractivity contribution in [2.24, 2.45) is 0 Å². The van der Waals surface area contributed by atoms with E-state index in [0.29, 0.717) is 0 Å². The summed E-state index contributed by atoms with van der Waals surface area (Å²) in [4.78, 5) is 0. The fourth-order valence-corrected chi connectivity index (χ4v) is 3.30. The van der Waals surface area contributed by atoms with Crippen LogP contribution in [0.1, 0.15) is 30.5 Å². The van der Waals surface area contributed by atoms with E-state index in [2.05, 4.69) is 74.4 Å². The Balaban J connectivity index is 1.82. The van der Waals surface area contributed by atoms with Crippen molar-refractivity contribution < 1.29 is 0 Å². The predicted molar refractivity (Wildman–Crippen MR) is 95.7 cm³/mol. The van der Waals surface area contributed by atoms with Crippen molar-refractivity contribution in [1.82, 2.24) is 9.78 Å². The quantitative estimate of drug-likeness (QED) is 0.636. The van der Waals surface area contributed by atoms with Crippen molar-refractivity contribution in [3.05, 3.63) is 77.0 Å². The topological polar surface area (TPSA) is 17.8 Å². The van der Waals surface area contributed by atoms with Crippen LogP contribution in [0, 0.1) is 6.92 Å². The molecule has 1 aliphatic carbocycles. The summed E-state index contributed by atoms with van der Waals surface area (Å²) >= 11 is 0. The summed E-state index contributed by atoms with van der Waals surface area (Å²) in [6.07, 6.45) is 2.95. The van der Waals surface area contributed by atoms with Crippen molar-refractivity contribution >= 4 is 5.57 Å². The Morgan fingerprint density at radius 3 is 2.48 bits per heavy atom. The molecule has 4 rings (SSSR count). The molecule has 0 radical (unpaired) electrons. The molecule has 0 atom stereocenters. The van der Waals surface area contributed by atoms with Gasteiger partial charge >= 0.3 is 0 Å². The van der Waals surface area contributed by atoms with Gasteiger partial charge in [0, 0.05) is 5.56 Å². The largest absolute Gasteiger partial charge is 0.233 e. The van der Waals surface area contributed by atoms with Gasteiger partial charge in [0.15, 0.2) is 0 Å². The van der Waals surface area contributed by atoms with Gasteiger partial charge in [0.2, 0.25) is 0 Å². The zero-order valence-electron chi connectivity index (χ0n) is 13.8. The molecule has 3 aromatic rings. The maximum absolute atomic E-state index is 4.56. The second-order valence-corrected chi connectivity index (χ2v) is 6.42. The van der Waals surface area contributed by atoms with Crippen molar-refractivity contribution in [3.63, 3.8) is 0 Å². The average Bonchev–Trinajstić information content (AvgIpc) is 3.14.